The Hall–Kier alpha value is -2.30. The van der Waals surface area contributed by atoms with Crippen LogP contribution in [0.5, 0.6) is 5.75 Å². The summed E-state index contributed by atoms with van der Waals surface area (Å²) >= 11 is 0. The van der Waals surface area contributed by atoms with E-state index < -0.39 is 11.6 Å². The van der Waals surface area contributed by atoms with Crippen molar-refractivity contribution in [2.75, 3.05) is 6.61 Å². The Morgan fingerprint density at radius 3 is 2.24 bits per heavy atom. The van der Waals surface area contributed by atoms with Crippen LogP contribution in [0.25, 0.3) is 0 Å². The van der Waals surface area contributed by atoms with Crippen molar-refractivity contribution in [2.24, 2.45) is 10.2 Å². The highest BCUT2D eigenvalue weighted by atomic mass is 19.1. The first-order valence-electron chi connectivity index (χ1n) is 6.79. The van der Waals surface area contributed by atoms with Gasteiger partial charge < -0.3 is 4.74 Å². The molecule has 0 aliphatic carbocycles. The van der Waals surface area contributed by atoms with Gasteiger partial charge in [-0.2, -0.15) is 5.11 Å². The molecule has 110 valence electrons. The Kier molecular flexibility index (Phi) is 5.37. The molecule has 0 saturated heterocycles. The molecule has 0 atom stereocenters. The Morgan fingerprint density at radius 2 is 1.62 bits per heavy atom. The molecule has 0 radical (unpaired) electrons. The fourth-order valence-electron chi connectivity index (χ4n) is 1.64. The van der Waals surface area contributed by atoms with Gasteiger partial charge in [-0.1, -0.05) is 19.4 Å². The highest BCUT2D eigenvalue weighted by Gasteiger charge is 2.06. The van der Waals surface area contributed by atoms with E-state index in [1.807, 2.05) is 0 Å². The van der Waals surface area contributed by atoms with Crippen molar-refractivity contribution >= 4 is 11.4 Å². The number of ether oxygens (including phenoxy) is 1. The van der Waals surface area contributed by atoms with E-state index in [1.54, 1.807) is 24.3 Å². The molecule has 21 heavy (non-hydrogen) atoms. The summed E-state index contributed by atoms with van der Waals surface area (Å²) in [5, 5.41) is 7.44. The van der Waals surface area contributed by atoms with E-state index in [2.05, 4.69) is 17.2 Å². The van der Waals surface area contributed by atoms with Crippen molar-refractivity contribution < 1.29 is 13.5 Å². The van der Waals surface area contributed by atoms with Crippen molar-refractivity contribution in [1.29, 1.82) is 0 Å². The summed E-state index contributed by atoms with van der Waals surface area (Å²) in [5.74, 6) is -0.740. The van der Waals surface area contributed by atoms with Crippen molar-refractivity contribution in [3.8, 4) is 5.75 Å². The van der Waals surface area contributed by atoms with Crippen LogP contribution in [0.2, 0.25) is 0 Å². The molecule has 0 spiro atoms. The van der Waals surface area contributed by atoms with Crippen LogP contribution in [0.3, 0.4) is 0 Å². The lowest BCUT2D eigenvalue weighted by Crippen LogP contribution is -1.95. The topological polar surface area (TPSA) is 34.0 Å². The fraction of sp³-hybridized carbons (Fsp3) is 0.250. The Balaban J connectivity index is 2.04. The smallest absolute Gasteiger partial charge is 0.157 e. The highest BCUT2D eigenvalue weighted by molar-refractivity contribution is 5.43. The average molecular weight is 290 g/mol. The zero-order chi connectivity index (χ0) is 15.1. The highest BCUT2D eigenvalue weighted by Crippen LogP contribution is 2.25. The first-order chi connectivity index (χ1) is 10.2. The molecule has 0 unspecified atom stereocenters. The molecule has 0 heterocycles. The number of nitrogens with zero attached hydrogens (tertiary/aromatic N) is 2. The maximum Gasteiger partial charge on any atom is 0.157 e. The summed E-state index contributed by atoms with van der Waals surface area (Å²) in [6.07, 6.45) is 2.06. The number of halogens is 2. The summed E-state index contributed by atoms with van der Waals surface area (Å²) in [7, 11) is 0. The zero-order valence-corrected chi connectivity index (χ0v) is 11.7. The molecule has 0 aliphatic rings. The molecule has 2 aromatic carbocycles. The van der Waals surface area contributed by atoms with Crippen LogP contribution in [-0.4, -0.2) is 6.61 Å². The van der Waals surface area contributed by atoms with E-state index in [4.69, 9.17) is 4.74 Å². The predicted molar refractivity (Wildman–Crippen MR) is 77.4 cm³/mol. The van der Waals surface area contributed by atoms with Crippen LogP contribution in [-0.2, 0) is 0 Å². The molecule has 0 aromatic heterocycles. The molecule has 2 rings (SSSR count). The van der Waals surface area contributed by atoms with Crippen LogP contribution in [0.4, 0.5) is 20.2 Å². The quantitative estimate of drug-likeness (QED) is 0.506. The summed E-state index contributed by atoms with van der Waals surface area (Å²) in [5.41, 5.74) is 0.112. The van der Waals surface area contributed by atoms with Gasteiger partial charge in [-0.3, -0.25) is 0 Å². The van der Waals surface area contributed by atoms with Crippen LogP contribution in [0, 0.1) is 11.6 Å². The minimum Gasteiger partial charge on any atom is -0.494 e. The first kappa shape index (κ1) is 15.1. The van der Waals surface area contributed by atoms with E-state index in [-0.39, 0.29) is 5.69 Å². The predicted octanol–water partition coefficient (Wildman–Crippen LogP) is 5.56. The van der Waals surface area contributed by atoms with Gasteiger partial charge in [0.1, 0.15) is 5.75 Å². The standard InChI is InChI=1S/C16H16F2N2O/c1-2-3-11-21-13-9-7-12(8-10-13)19-20-16-14(17)5-4-6-15(16)18/h4-10H,2-3,11H2,1H3. The largest absolute Gasteiger partial charge is 0.494 e. The minimum atomic E-state index is -0.738. The van der Waals surface area contributed by atoms with Crippen LogP contribution >= 0.6 is 0 Å². The van der Waals surface area contributed by atoms with E-state index in [0.717, 1.165) is 30.7 Å². The number of azo groups is 1. The summed E-state index contributed by atoms with van der Waals surface area (Å²) in [4.78, 5) is 0. The third kappa shape index (κ3) is 4.34. The first-order valence-corrected chi connectivity index (χ1v) is 6.79. The number of hydrogen-bond donors (Lipinski definition) is 0. The fourth-order valence-corrected chi connectivity index (χ4v) is 1.64. The average Bonchev–Trinajstić information content (AvgIpc) is 2.48. The normalized spacial score (nSPS) is 11.0. The second kappa shape index (κ2) is 7.47. The molecule has 0 N–H and O–H groups in total. The van der Waals surface area contributed by atoms with Gasteiger partial charge >= 0.3 is 0 Å². The molecule has 0 aliphatic heterocycles. The maximum absolute atomic E-state index is 13.4. The van der Waals surface area contributed by atoms with Crippen LogP contribution in [0.15, 0.2) is 52.7 Å². The zero-order valence-electron chi connectivity index (χ0n) is 11.7. The number of benzene rings is 2. The SMILES string of the molecule is CCCCOc1ccc(N=Nc2c(F)cccc2F)cc1. The molecule has 0 bridgehead atoms. The maximum atomic E-state index is 13.4. The van der Waals surface area contributed by atoms with Gasteiger partial charge in [-0.15, -0.1) is 5.11 Å². The minimum absolute atomic E-state index is 0.388. The summed E-state index contributed by atoms with van der Waals surface area (Å²) < 4.78 is 32.3. The van der Waals surface area contributed by atoms with Crippen molar-refractivity contribution in [1.82, 2.24) is 0 Å². The second-order valence-corrected chi connectivity index (χ2v) is 4.47. The van der Waals surface area contributed by atoms with Gasteiger partial charge in [0.2, 0.25) is 0 Å². The number of unbranched alkanes of at least 4 members (excludes halogenated alkanes) is 1. The third-order valence-corrected chi connectivity index (χ3v) is 2.81. The molecule has 3 nitrogen and oxygen atoms in total. The van der Waals surface area contributed by atoms with Gasteiger partial charge in [0.25, 0.3) is 0 Å². The molecule has 0 saturated carbocycles. The molecule has 2 aromatic rings. The lowest BCUT2D eigenvalue weighted by Gasteiger charge is -2.04. The van der Waals surface area contributed by atoms with Crippen LogP contribution in [0.1, 0.15) is 19.8 Å². The molecular formula is C16H16F2N2O. The Bertz CT molecular complexity index is 592. The number of hydrogen-bond acceptors (Lipinski definition) is 3. The van der Waals surface area contributed by atoms with Crippen molar-refractivity contribution in [3.63, 3.8) is 0 Å². The summed E-state index contributed by atoms with van der Waals surface area (Å²) in [6.45, 7) is 2.76. The van der Waals surface area contributed by atoms with Crippen molar-refractivity contribution in [2.45, 2.75) is 19.8 Å². The third-order valence-electron chi connectivity index (χ3n) is 2.81. The van der Waals surface area contributed by atoms with Gasteiger partial charge in [0.15, 0.2) is 17.3 Å². The van der Waals surface area contributed by atoms with Crippen LogP contribution < -0.4 is 4.74 Å². The molecule has 0 amide bonds. The monoisotopic (exact) mass is 290 g/mol. The van der Waals surface area contributed by atoms with E-state index in [0.29, 0.717) is 12.3 Å². The molecule has 5 heteroatoms. The van der Waals surface area contributed by atoms with E-state index in [9.17, 15) is 8.78 Å². The lowest BCUT2D eigenvalue weighted by molar-refractivity contribution is 0.309. The lowest BCUT2D eigenvalue weighted by atomic mass is 10.3. The summed E-state index contributed by atoms with van der Waals surface area (Å²) in [6, 6.07) is 10.4. The molecular weight excluding hydrogens is 274 g/mol. The Labute approximate surface area is 122 Å². The van der Waals surface area contributed by atoms with Gasteiger partial charge in [0.05, 0.1) is 12.3 Å². The van der Waals surface area contributed by atoms with Gasteiger partial charge in [0, 0.05) is 0 Å². The van der Waals surface area contributed by atoms with Crippen molar-refractivity contribution in [3.05, 3.63) is 54.1 Å². The second-order valence-electron chi connectivity index (χ2n) is 4.47. The van der Waals surface area contributed by atoms with E-state index >= 15 is 0 Å². The Morgan fingerprint density at radius 1 is 0.952 bits per heavy atom. The van der Waals surface area contributed by atoms with Gasteiger partial charge in [-0.05, 0) is 42.8 Å². The van der Waals surface area contributed by atoms with E-state index in [1.165, 1.54) is 6.07 Å². The van der Waals surface area contributed by atoms with Gasteiger partial charge in [-0.25, -0.2) is 8.78 Å². The number of rotatable bonds is 6. The molecule has 0 fully saturated rings.